The first-order valence-corrected chi connectivity index (χ1v) is 7.56. The second-order valence-corrected chi connectivity index (χ2v) is 5.56. The molecule has 2 N–H and O–H groups in total. The number of nitrogens with zero attached hydrogens (tertiary/aromatic N) is 2. The van der Waals surface area contributed by atoms with Crippen molar-refractivity contribution in [3.63, 3.8) is 0 Å². The average molecular weight is 280 g/mol. The second-order valence-electron chi connectivity index (χ2n) is 5.56. The summed E-state index contributed by atoms with van der Waals surface area (Å²) in [6, 6.07) is 2.25. The minimum absolute atomic E-state index is 0.420. The van der Waals surface area contributed by atoms with Gasteiger partial charge in [0.1, 0.15) is 12.0 Å². The number of guanidine groups is 1. The molecule has 0 saturated carbocycles. The summed E-state index contributed by atoms with van der Waals surface area (Å²) in [5.74, 6) is 1.61. The smallest absolute Gasteiger partial charge is 0.191 e. The Labute approximate surface area is 122 Å². The quantitative estimate of drug-likeness (QED) is 0.567. The van der Waals surface area contributed by atoms with Crippen molar-refractivity contribution in [3.05, 3.63) is 18.0 Å². The van der Waals surface area contributed by atoms with E-state index in [4.69, 9.17) is 4.52 Å². The Morgan fingerprint density at radius 3 is 2.75 bits per heavy atom. The summed E-state index contributed by atoms with van der Waals surface area (Å²) in [5, 5.41) is 10.5. The number of aliphatic imine (C=N–C) groups is 1. The fraction of sp³-hybridized carbons (Fsp3) is 0.733. The van der Waals surface area contributed by atoms with Crippen LogP contribution in [-0.4, -0.2) is 23.7 Å². The van der Waals surface area contributed by atoms with E-state index in [0.717, 1.165) is 30.5 Å². The fourth-order valence-electron chi connectivity index (χ4n) is 1.94. The Morgan fingerprint density at radius 2 is 2.15 bits per heavy atom. The summed E-state index contributed by atoms with van der Waals surface area (Å²) in [5.41, 5.74) is 0.842. The molecule has 114 valence electrons. The molecule has 0 aromatic carbocycles. The van der Waals surface area contributed by atoms with Gasteiger partial charge in [0.25, 0.3) is 0 Å². The highest BCUT2D eigenvalue weighted by molar-refractivity contribution is 5.79. The normalized spacial score (nSPS) is 13.6. The maximum atomic E-state index is 4.80. The van der Waals surface area contributed by atoms with Crippen molar-refractivity contribution in [2.24, 2.45) is 10.9 Å². The third kappa shape index (κ3) is 7.16. The van der Waals surface area contributed by atoms with Crippen LogP contribution in [0.15, 0.2) is 21.8 Å². The van der Waals surface area contributed by atoms with Crippen LogP contribution in [0.4, 0.5) is 0 Å². The van der Waals surface area contributed by atoms with E-state index in [1.165, 1.54) is 12.8 Å². The van der Waals surface area contributed by atoms with Gasteiger partial charge in [-0.25, -0.2) is 4.99 Å². The molecule has 0 radical (unpaired) electrons. The SMILES string of the molecule is CCNC(=NCc1ccon1)NC(C)CCCC(C)C. The summed E-state index contributed by atoms with van der Waals surface area (Å²) in [6.45, 7) is 10.2. The first kappa shape index (κ1) is 16.5. The van der Waals surface area contributed by atoms with Gasteiger partial charge in [0, 0.05) is 18.7 Å². The summed E-state index contributed by atoms with van der Waals surface area (Å²) >= 11 is 0. The van der Waals surface area contributed by atoms with Crippen LogP contribution >= 0.6 is 0 Å². The van der Waals surface area contributed by atoms with Crippen LogP contribution < -0.4 is 10.6 Å². The van der Waals surface area contributed by atoms with Crippen molar-refractivity contribution in [3.8, 4) is 0 Å². The van der Waals surface area contributed by atoms with Crippen molar-refractivity contribution in [1.29, 1.82) is 0 Å². The van der Waals surface area contributed by atoms with Gasteiger partial charge in [0.2, 0.25) is 0 Å². The van der Waals surface area contributed by atoms with Crippen molar-refractivity contribution >= 4 is 5.96 Å². The second kappa shape index (κ2) is 9.39. The summed E-state index contributed by atoms with van der Waals surface area (Å²) < 4.78 is 4.80. The van der Waals surface area contributed by atoms with E-state index < -0.39 is 0 Å². The van der Waals surface area contributed by atoms with Crippen LogP contribution in [0, 0.1) is 5.92 Å². The van der Waals surface area contributed by atoms with Gasteiger partial charge in [-0.2, -0.15) is 0 Å². The first-order valence-electron chi connectivity index (χ1n) is 7.56. The highest BCUT2D eigenvalue weighted by Gasteiger charge is 2.06. The van der Waals surface area contributed by atoms with Crippen LogP contribution in [0.5, 0.6) is 0 Å². The van der Waals surface area contributed by atoms with Gasteiger partial charge in [-0.05, 0) is 26.2 Å². The van der Waals surface area contributed by atoms with Crippen LogP contribution in [0.25, 0.3) is 0 Å². The standard InChI is InChI=1S/C15H28N4O/c1-5-16-15(17-11-14-9-10-20-19-14)18-13(4)8-6-7-12(2)3/h9-10,12-13H,5-8,11H2,1-4H3,(H2,16,17,18). The van der Waals surface area contributed by atoms with E-state index in [1.54, 1.807) is 6.26 Å². The number of nitrogens with one attached hydrogen (secondary N) is 2. The summed E-state index contributed by atoms with van der Waals surface area (Å²) in [7, 11) is 0. The van der Waals surface area contributed by atoms with E-state index in [-0.39, 0.29) is 0 Å². The lowest BCUT2D eigenvalue weighted by molar-refractivity contribution is 0.412. The van der Waals surface area contributed by atoms with Gasteiger partial charge >= 0.3 is 0 Å². The van der Waals surface area contributed by atoms with Gasteiger partial charge in [-0.3, -0.25) is 0 Å². The molecule has 5 nitrogen and oxygen atoms in total. The molecule has 1 rings (SSSR count). The molecular formula is C15H28N4O. The Hall–Kier alpha value is -1.52. The molecule has 0 aliphatic rings. The molecule has 0 amide bonds. The lowest BCUT2D eigenvalue weighted by Gasteiger charge is -2.18. The van der Waals surface area contributed by atoms with Crippen molar-refractivity contribution < 1.29 is 4.52 Å². The van der Waals surface area contributed by atoms with Gasteiger partial charge < -0.3 is 15.2 Å². The predicted octanol–water partition coefficient (Wildman–Crippen LogP) is 2.94. The lowest BCUT2D eigenvalue weighted by atomic mass is 10.0. The van der Waals surface area contributed by atoms with E-state index in [0.29, 0.717) is 12.6 Å². The predicted molar refractivity (Wildman–Crippen MR) is 82.6 cm³/mol. The molecule has 1 atom stereocenters. The Kier molecular flexibility index (Phi) is 7.77. The van der Waals surface area contributed by atoms with Crippen molar-refractivity contribution in [1.82, 2.24) is 15.8 Å². The molecule has 1 unspecified atom stereocenters. The topological polar surface area (TPSA) is 62.5 Å². The lowest BCUT2D eigenvalue weighted by Crippen LogP contribution is -2.42. The zero-order valence-corrected chi connectivity index (χ0v) is 13.1. The number of rotatable bonds is 8. The van der Waals surface area contributed by atoms with Crippen molar-refractivity contribution in [2.45, 2.75) is 59.5 Å². The highest BCUT2D eigenvalue weighted by Crippen LogP contribution is 2.08. The fourth-order valence-corrected chi connectivity index (χ4v) is 1.94. The van der Waals surface area contributed by atoms with Gasteiger partial charge in [0.15, 0.2) is 5.96 Å². The molecule has 0 saturated heterocycles. The highest BCUT2D eigenvalue weighted by atomic mass is 16.5. The molecule has 0 aliphatic carbocycles. The van der Waals surface area contributed by atoms with Crippen LogP contribution in [0.3, 0.4) is 0 Å². The maximum absolute atomic E-state index is 4.80. The summed E-state index contributed by atoms with van der Waals surface area (Å²) in [6.07, 6.45) is 5.25. The molecule has 0 bridgehead atoms. The average Bonchev–Trinajstić information content (AvgIpc) is 2.89. The molecular weight excluding hydrogens is 252 g/mol. The first-order chi connectivity index (χ1) is 9.61. The number of hydrogen-bond acceptors (Lipinski definition) is 3. The molecule has 0 aliphatic heterocycles. The monoisotopic (exact) mass is 280 g/mol. The van der Waals surface area contributed by atoms with Gasteiger partial charge in [-0.15, -0.1) is 0 Å². The van der Waals surface area contributed by atoms with E-state index in [1.807, 2.05) is 6.07 Å². The zero-order chi connectivity index (χ0) is 14.8. The van der Waals surface area contributed by atoms with E-state index in [9.17, 15) is 0 Å². The molecule has 20 heavy (non-hydrogen) atoms. The van der Waals surface area contributed by atoms with Gasteiger partial charge in [0.05, 0.1) is 6.54 Å². The largest absolute Gasteiger partial charge is 0.364 e. The molecule has 1 aromatic heterocycles. The zero-order valence-electron chi connectivity index (χ0n) is 13.1. The third-order valence-corrected chi connectivity index (χ3v) is 3.04. The molecule has 1 heterocycles. The number of hydrogen-bond donors (Lipinski definition) is 2. The van der Waals surface area contributed by atoms with Crippen LogP contribution in [0.1, 0.15) is 52.7 Å². The Bertz CT molecular complexity index is 373. The Morgan fingerprint density at radius 1 is 1.35 bits per heavy atom. The van der Waals surface area contributed by atoms with Crippen LogP contribution in [0.2, 0.25) is 0 Å². The molecule has 0 spiro atoms. The van der Waals surface area contributed by atoms with Gasteiger partial charge in [-0.1, -0.05) is 31.8 Å². The van der Waals surface area contributed by atoms with E-state index >= 15 is 0 Å². The summed E-state index contributed by atoms with van der Waals surface area (Å²) in [4.78, 5) is 4.51. The molecule has 5 heteroatoms. The molecule has 0 fully saturated rings. The minimum atomic E-state index is 0.420. The van der Waals surface area contributed by atoms with E-state index in [2.05, 4.69) is 48.5 Å². The maximum Gasteiger partial charge on any atom is 0.191 e. The minimum Gasteiger partial charge on any atom is -0.364 e. The third-order valence-electron chi connectivity index (χ3n) is 3.04. The molecule has 1 aromatic rings. The van der Waals surface area contributed by atoms with Crippen molar-refractivity contribution in [2.75, 3.05) is 6.54 Å². The number of aromatic nitrogens is 1. The van der Waals surface area contributed by atoms with Crippen LogP contribution in [-0.2, 0) is 6.54 Å². The Balaban J connectivity index is 2.38.